The molecule has 0 bridgehead atoms. The Morgan fingerprint density at radius 3 is 2.11 bits per heavy atom. The van der Waals surface area contributed by atoms with Gasteiger partial charge in [0.05, 0.1) is 22.0 Å². The molecule has 0 unspecified atom stereocenters. The molecule has 0 fully saturated rings. The van der Waals surface area contributed by atoms with Crippen LogP contribution >= 0.6 is 0 Å². The van der Waals surface area contributed by atoms with Gasteiger partial charge in [0.1, 0.15) is 0 Å². The standard InChI is InChI=1S/C29H19F3N3/c1-16-25(21-12-7-11-20-19-10-5-6-13-24(19)35(16)26(20)21)27-22-14-17-8-3-4-9-18(17)15-23(22)28(29(30,31)32)33-34(27)2/h3-15H,1-2H3/q+1. The molecule has 0 radical (unpaired) electrons. The van der Waals surface area contributed by atoms with Gasteiger partial charge in [-0.25, -0.2) is 0 Å². The van der Waals surface area contributed by atoms with Crippen LogP contribution in [0.1, 0.15) is 11.4 Å². The monoisotopic (exact) mass is 466 g/mol. The molecule has 35 heavy (non-hydrogen) atoms. The first-order valence-corrected chi connectivity index (χ1v) is 11.4. The Hall–Kier alpha value is -4.19. The van der Waals surface area contributed by atoms with Crippen molar-refractivity contribution in [2.75, 3.05) is 0 Å². The molecule has 0 aliphatic heterocycles. The number of hydrogen-bond donors (Lipinski definition) is 0. The second kappa shape index (κ2) is 6.69. The Morgan fingerprint density at radius 1 is 0.743 bits per heavy atom. The maximum absolute atomic E-state index is 14.1. The fraction of sp³-hybridized carbons (Fsp3) is 0.103. The summed E-state index contributed by atoms with van der Waals surface area (Å²) in [4.78, 5) is 0. The molecule has 0 N–H and O–H groups in total. The summed E-state index contributed by atoms with van der Waals surface area (Å²) in [6, 6.07) is 25.4. The van der Waals surface area contributed by atoms with Crippen LogP contribution in [-0.2, 0) is 13.2 Å². The lowest BCUT2D eigenvalue weighted by molar-refractivity contribution is -0.720. The minimum atomic E-state index is -4.57. The van der Waals surface area contributed by atoms with Crippen molar-refractivity contribution in [1.82, 2.24) is 9.50 Å². The van der Waals surface area contributed by atoms with Crippen molar-refractivity contribution in [1.29, 1.82) is 0 Å². The molecular weight excluding hydrogens is 447 g/mol. The zero-order valence-electron chi connectivity index (χ0n) is 19.0. The Bertz CT molecular complexity index is 1960. The van der Waals surface area contributed by atoms with Crippen LogP contribution in [0.5, 0.6) is 0 Å². The summed E-state index contributed by atoms with van der Waals surface area (Å²) in [6.45, 7) is 2.03. The minimum absolute atomic E-state index is 0.109. The summed E-state index contributed by atoms with van der Waals surface area (Å²) in [7, 11) is 1.60. The molecule has 3 nitrogen and oxygen atoms in total. The zero-order chi connectivity index (χ0) is 24.1. The number of benzene rings is 4. The van der Waals surface area contributed by atoms with Crippen LogP contribution in [0.2, 0.25) is 0 Å². The summed E-state index contributed by atoms with van der Waals surface area (Å²) in [5.41, 5.74) is 3.85. The second-order valence-electron chi connectivity index (χ2n) is 9.08. The molecule has 170 valence electrons. The maximum Gasteiger partial charge on any atom is 0.439 e. The third kappa shape index (κ3) is 2.62. The largest absolute Gasteiger partial charge is 0.439 e. The molecular formula is C29H19F3N3+. The van der Waals surface area contributed by atoms with Crippen molar-refractivity contribution in [3.05, 3.63) is 90.3 Å². The zero-order valence-corrected chi connectivity index (χ0v) is 19.0. The Labute approximate surface area is 198 Å². The van der Waals surface area contributed by atoms with Crippen molar-refractivity contribution < 1.29 is 17.9 Å². The number of alkyl halides is 3. The Kier molecular flexibility index (Phi) is 3.86. The fourth-order valence-corrected chi connectivity index (χ4v) is 5.74. The molecule has 0 atom stereocenters. The van der Waals surface area contributed by atoms with E-state index < -0.39 is 11.9 Å². The highest BCUT2D eigenvalue weighted by Gasteiger charge is 2.40. The molecule has 6 heteroatoms. The highest BCUT2D eigenvalue weighted by molar-refractivity contribution is 6.19. The minimum Gasteiger partial charge on any atom is -0.312 e. The third-order valence-corrected chi connectivity index (χ3v) is 7.14. The summed E-state index contributed by atoms with van der Waals surface area (Å²) in [6.07, 6.45) is -4.57. The van der Waals surface area contributed by atoms with E-state index in [4.69, 9.17) is 0 Å². The van der Waals surface area contributed by atoms with Gasteiger partial charge in [-0.2, -0.15) is 13.2 Å². The lowest BCUT2D eigenvalue weighted by Gasteiger charge is -2.12. The fourth-order valence-electron chi connectivity index (χ4n) is 5.74. The lowest BCUT2D eigenvalue weighted by atomic mass is 9.96. The SMILES string of the molecule is Cc1c(-c2c3cc4ccccc4cc3c(C(F)(F)F)n[n+]2C)c2cccc3c4ccccc4n1c23. The van der Waals surface area contributed by atoms with E-state index in [2.05, 4.69) is 27.7 Å². The molecule has 0 amide bonds. The topological polar surface area (TPSA) is 21.2 Å². The van der Waals surface area contributed by atoms with E-state index >= 15 is 0 Å². The molecule has 0 saturated carbocycles. The predicted octanol–water partition coefficient (Wildman–Crippen LogP) is 7.20. The van der Waals surface area contributed by atoms with Crippen LogP contribution in [0.3, 0.4) is 0 Å². The van der Waals surface area contributed by atoms with E-state index in [1.807, 2.05) is 61.5 Å². The average molecular weight is 466 g/mol. The van der Waals surface area contributed by atoms with Gasteiger partial charge in [0.15, 0.2) is 7.05 Å². The van der Waals surface area contributed by atoms with Crippen molar-refractivity contribution in [3.8, 4) is 11.3 Å². The van der Waals surface area contributed by atoms with Crippen LogP contribution in [-0.4, -0.2) is 9.50 Å². The van der Waals surface area contributed by atoms with Gasteiger partial charge in [-0.1, -0.05) is 65.3 Å². The van der Waals surface area contributed by atoms with Crippen LogP contribution in [0.15, 0.2) is 78.9 Å². The van der Waals surface area contributed by atoms with Gasteiger partial charge in [-0.05, 0) is 35.9 Å². The molecule has 7 rings (SSSR count). The molecule has 0 aliphatic rings. The highest BCUT2D eigenvalue weighted by atomic mass is 19.4. The van der Waals surface area contributed by atoms with Crippen LogP contribution in [0.25, 0.3) is 60.0 Å². The quantitative estimate of drug-likeness (QED) is 0.185. The van der Waals surface area contributed by atoms with Crippen LogP contribution in [0.4, 0.5) is 13.2 Å². The Morgan fingerprint density at radius 2 is 1.37 bits per heavy atom. The van der Waals surface area contributed by atoms with Gasteiger partial charge in [0.25, 0.3) is 0 Å². The van der Waals surface area contributed by atoms with Crippen molar-refractivity contribution in [3.63, 3.8) is 0 Å². The first-order valence-electron chi connectivity index (χ1n) is 11.4. The molecule has 7 aromatic rings. The summed E-state index contributed by atoms with van der Waals surface area (Å²) in [5, 5.41) is 9.66. The van der Waals surface area contributed by atoms with E-state index in [1.54, 1.807) is 13.1 Å². The molecule has 3 aromatic heterocycles. The average Bonchev–Trinajstić information content (AvgIpc) is 3.33. The Balaban J connectivity index is 1.70. The second-order valence-corrected chi connectivity index (χ2v) is 9.08. The highest BCUT2D eigenvalue weighted by Crippen LogP contribution is 2.44. The summed E-state index contributed by atoms with van der Waals surface area (Å²) < 4.78 is 46.0. The number of aromatic nitrogens is 3. The van der Waals surface area contributed by atoms with Crippen LogP contribution < -0.4 is 4.68 Å². The molecule has 0 spiro atoms. The first kappa shape index (κ1) is 20.2. The normalized spacial score (nSPS) is 12.7. The van der Waals surface area contributed by atoms with Gasteiger partial charge in [0, 0.05) is 32.3 Å². The lowest BCUT2D eigenvalue weighted by Crippen LogP contribution is -2.38. The van der Waals surface area contributed by atoms with Gasteiger partial charge in [-0.15, -0.1) is 0 Å². The van der Waals surface area contributed by atoms with Crippen molar-refractivity contribution in [2.24, 2.45) is 7.05 Å². The number of halogens is 3. The number of hydrogen-bond acceptors (Lipinski definition) is 1. The van der Waals surface area contributed by atoms with Gasteiger partial charge in [0.2, 0.25) is 11.4 Å². The number of para-hydroxylation sites is 2. The molecule has 3 heterocycles. The smallest absolute Gasteiger partial charge is 0.312 e. The number of nitrogens with zero attached hydrogens (tertiary/aromatic N) is 3. The van der Waals surface area contributed by atoms with E-state index in [0.29, 0.717) is 11.1 Å². The van der Waals surface area contributed by atoms with Crippen molar-refractivity contribution >= 4 is 48.7 Å². The molecule has 4 aromatic carbocycles. The van der Waals surface area contributed by atoms with E-state index in [1.165, 1.54) is 4.68 Å². The predicted molar refractivity (Wildman–Crippen MR) is 133 cm³/mol. The van der Waals surface area contributed by atoms with Gasteiger partial charge < -0.3 is 4.40 Å². The summed E-state index contributed by atoms with van der Waals surface area (Å²) in [5.74, 6) is 0. The van der Waals surface area contributed by atoms with Gasteiger partial charge in [-0.3, -0.25) is 0 Å². The van der Waals surface area contributed by atoms with E-state index in [9.17, 15) is 13.2 Å². The molecule has 0 saturated heterocycles. The van der Waals surface area contributed by atoms with E-state index in [0.717, 1.165) is 49.2 Å². The number of fused-ring (bicyclic) bond motifs is 5. The summed E-state index contributed by atoms with van der Waals surface area (Å²) >= 11 is 0. The third-order valence-electron chi connectivity index (χ3n) is 7.14. The molecule has 0 aliphatic carbocycles. The van der Waals surface area contributed by atoms with Crippen molar-refractivity contribution in [2.45, 2.75) is 13.1 Å². The number of rotatable bonds is 1. The van der Waals surface area contributed by atoms with Crippen LogP contribution in [0, 0.1) is 6.92 Å². The van der Waals surface area contributed by atoms with E-state index in [-0.39, 0.29) is 5.39 Å². The first-order chi connectivity index (χ1) is 16.8. The number of aryl methyl sites for hydroxylation is 2. The maximum atomic E-state index is 14.1. The van der Waals surface area contributed by atoms with Gasteiger partial charge >= 0.3 is 6.18 Å².